The number of benzene rings is 1. The number of carbonyl (C=O) groups excluding carboxylic acids is 1. The second-order valence-corrected chi connectivity index (χ2v) is 9.52. The molecule has 1 aliphatic rings. The molecule has 0 radical (unpaired) electrons. The fourth-order valence-corrected chi connectivity index (χ4v) is 4.32. The fourth-order valence-electron chi connectivity index (χ4n) is 4.14. The third kappa shape index (κ3) is 12.6. The van der Waals surface area contributed by atoms with Gasteiger partial charge < -0.3 is 34.5 Å². The van der Waals surface area contributed by atoms with Crippen LogP contribution in [0, 0.1) is 32.1 Å². The first-order valence-corrected chi connectivity index (χ1v) is 12.9. The normalized spacial score (nSPS) is 21.5. The predicted molar refractivity (Wildman–Crippen MR) is 139 cm³/mol. The van der Waals surface area contributed by atoms with E-state index in [2.05, 4.69) is 9.68 Å². The Bertz CT molecular complexity index is 1010. The summed E-state index contributed by atoms with van der Waals surface area (Å²) in [4.78, 5) is 40.8. The Morgan fingerprint density at radius 2 is 1.80 bits per heavy atom. The largest absolute Gasteiger partial charge is 0.491 e. The van der Waals surface area contributed by atoms with E-state index in [0.717, 1.165) is 0 Å². The van der Waals surface area contributed by atoms with E-state index in [0.29, 0.717) is 30.0 Å². The molecule has 0 aliphatic heterocycles. The second kappa shape index (κ2) is 17.3. The second-order valence-electron chi connectivity index (χ2n) is 9.08. The van der Waals surface area contributed by atoms with Gasteiger partial charge in [-0.2, -0.15) is 0 Å². The maximum absolute atomic E-state index is 12.0. The quantitative estimate of drug-likeness (QED) is 0.0744. The molecule has 1 fully saturated rings. The van der Waals surface area contributed by atoms with Crippen molar-refractivity contribution in [3.8, 4) is 5.75 Å². The zero-order valence-corrected chi connectivity index (χ0v) is 22.3. The number of hydrogen-bond donors (Lipinski definition) is 3. The number of aliphatic hydroxyl groups excluding tert-OH is 3. The van der Waals surface area contributed by atoms with Crippen LogP contribution < -0.4 is 4.74 Å². The van der Waals surface area contributed by atoms with E-state index in [-0.39, 0.29) is 31.3 Å². The summed E-state index contributed by atoms with van der Waals surface area (Å²) < 4.78 is 10.5. The Labute approximate surface area is 234 Å². The highest BCUT2D eigenvalue weighted by Gasteiger charge is 2.39. The Kier molecular flexibility index (Phi) is 14.1. The number of rotatable bonds is 18. The zero-order chi connectivity index (χ0) is 29.5. The first kappa shape index (κ1) is 32.8. The number of carbonyl (C=O) groups is 1. The summed E-state index contributed by atoms with van der Waals surface area (Å²) in [6.45, 7) is -1.42. The maximum atomic E-state index is 12.0. The van der Waals surface area contributed by atoms with Gasteiger partial charge in [0.2, 0.25) is 0 Å². The number of hydrogen-bond acceptors (Lipinski definition) is 12. The van der Waals surface area contributed by atoms with Crippen LogP contribution in [0.25, 0.3) is 0 Å². The molecular weight excluding hydrogens is 556 g/mol. The third-order valence-corrected chi connectivity index (χ3v) is 6.28. The number of esters is 1. The lowest BCUT2D eigenvalue weighted by Crippen LogP contribution is -2.30. The monoisotopic (exact) mass is 588 g/mol. The number of ether oxygens (including phenoxy) is 2. The molecule has 0 bridgehead atoms. The zero-order valence-electron chi connectivity index (χ0n) is 21.5. The molecule has 5 atom stereocenters. The highest BCUT2D eigenvalue weighted by molar-refractivity contribution is 6.30. The molecule has 1 aromatic carbocycles. The summed E-state index contributed by atoms with van der Waals surface area (Å²) in [6.07, 6.45) is 4.53. The summed E-state index contributed by atoms with van der Waals surface area (Å²) in [5.74, 6) is -0.873. The number of unbranched alkanes of at least 4 members (excludes halogenated alkanes) is 1. The molecule has 0 aromatic heterocycles. The molecule has 15 heteroatoms. The standard InChI is InChI=1S/C25H33ClN2O12/c26-17-6-5-7-19(12-17)37-14-18(29)10-11-22-21(23(30)13-24(22)31)8-3-1-2-4-9-25(32)40-20(15-38-27(33)34)16-39-28(35)36/h1,3,5-7,10-12,18,20-24,29-31H,2,4,8-9,13-16H2/t18-,21-,22-,23+,24-/m1/s1. The molecule has 0 heterocycles. The summed E-state index contributed by atoms with van der Waals surface area (Å²) in [7, 11) is 0. The molecule has 0 amide bonds. The average Bonchev–Trinajstić information content (AvgIpc) is 3.16. The SMILES string of the molecule is O=C(CCCC=CC[C@@H]1[C@@H](C=C[C@@H](O)COc2cccc(Cl)c2)[C@H](O)C[C@@H]1O)OC(CO[N+](=O)[O-])CO[N+](=O)[O-]. The van der Waals surface area contributed by atoms with Gasteiger partial charge in [-0.3, -0.25) is 4.79 Å². The van der Waals surface area contributed by atoms with Gasteiger partial charge in [0.1, 0.15) is 37.8 Å². The van der Waals surface area contributed by atoms with Crippen LogP contribution in [-0.4, -0.2) is 75.7 Å². The summed E-state index contributed by atoms with van der Waals surface area (Å²) in [5.41, 5.74) is 0. The van der Waals surface area contributed by atoms with E-state index in [1.54, 1.807) is 30.3 Å². The average molecular weight is 589 g/mol. The van der Waals surface area contributed by atoms with Crippen molar-refractivity contribution in [3.05, 3.63) is 73.8 Å². The minimum atomic E-state index is -1.32. The Morgan fingerprint density at radius 3 is 2.45 bits per heavy atom. The van der Waals surface area contributed by atoms with Gasteiger partial charge >= 0.3 is 5.97 Å². The van der Waals surface area contributed by atoms with Crippen molar-refractivity contribution in [1.29, 1.82) is 0 Å². The van der Waals surface area contributed by atoms with Crippen LogP contribution in [-0.2, 0) is 19.2 Å². The molecule has 1 aliphatic carbocycles. The molecule has 0 unspecified atom stereocenters. The van der Waals surface area contributed by atoms with Crippen molar-refractivity contribution in [2.24, 2.45) is 11.8 Å². The van der Waals surface area contributed by atoms with E-state index in [1.807, 2.05) is 12.2 Å². The van der Waals surface area contributed by atoms with Crippen molar-refractivity contribution < 1.29 is 49.4 Å². The molecular formula is C25H33ClN2O12. The van der Waals surface area contributed by atoms with Crippen LogP contribution in [0.15, 0.2) is 48.6 Å². The van der Waals surface area contributed by atoms with Gasteiger partial charge in [-0.05, 0) is 43.4 Å². The molecule has 222 valence electrons. The lowest BCUT2D eigenvalue weighted by atomic mass is 9.89. The van der Waals surface area contributed by atoms with Gasteiger partial charge in [-0.25, -0.2) is 0 Å². The van der Waals surface area contributed by atoms with E-state index in [4.69, 9.17) is 21.1 Å². The van der Waals surface area contributed by atoms with E-state index in [1.165, 1.54) is 6.08 Å². The minimum Gasteiger partial charge on any atom is -0.491 e. The lowest BCUT2D eigenvalue weighted by Gasteiger charge is -2.19. The van der Waals surface area contributed by atoms with Gasteiger partial charge in [0.25, 0.3) is 10.2 Å². The molecule has 0 saturated heterocycles. The maximum Gasteiger partial charge on any atom is 0.306 e. The molecule has 40 heavy (non-hydrogen) atoms. The van der Waals surface area contributed by atoms with Crippen molar-refractivity contribution in [1.82, 2.24) is 0 Å². The predicted octanol–water partition coefficient (Wildman–Crippen LogP) is 2.44. The van der Waals surface area contributed by atoms with Gasteiger partial charge in [0.15, 0.2) is 0 Å². The number of allylic oxidation sites excluding steroid dienone is 2. The smallest absolute Gasteiger partial charge is 0.306 e. The van der Waals surface area contributed by atoms with Gasteiger partial charge in [0.05, 0.1) is 12.2 Å². The number of halogens is 1. The van der Waals surface area contributed by atoms with E-state index in [9.17, 15) is 40.3 Å². The van der Waals surface area contributed by atoms with Crippen LogP contribution >= 0.6 is 11.6 Å². The summed E-state index contributed by atoms with van der Waals surface area (Å²) in [6, 6.07) is 6.77. The van der Waals surface area contributed by atoms with Gasteiger partial charge in [-0.15, -0.1) is 20.2 Å². The van der Waals surface area contributed by atoms with Crippen molar-refractivity contribution >= 4 is 17.6 Å². The molecule has 0 spiro atoms. The van der Waals surface area contributed by atoms with Gasteiger partial charge in [0, 0.05) is 23.8 Å². The van der Waals surface area contributed by atoms with Crippen LogP contribution in [0.1, 0.15) is 32.1 Å². The number of aliphatic hydroxyl groups is 3. The van der Waals surface area contributed by atoms with E-state index >= 15 is 0 Å². The molecule has 2 rings (SSSR count). The van der Waals surface area contributed by atoms with Crippen molar-refractivity contribution in [2.45, 2.75) is 56.5 Å². The van der Waals surface area contributed by atoms with Gasteiger partial charge in [-0.1, -0.05) is 42.0 Å². The molecule has 14 nitrogen and oxygen atoms in total. The third-order valence-electron chi connectivity index (χ3n) is 6.04. The Balaban J connectivity index is 1.75. The summed E-state index contributed by atoms with van der Waals surface area (Å²) in [5, 5.41) is 49.9. The molecule has 1 saturated carbocycles. The van der Waals surface area contributed by atoms with Crippen LogP contribution in [0.2, 0.25) is 5.02 Å². The highest BCUT2D eigenvalue weighted by Crippen LogP contribution is 2.36. The molecule has 1 aromatic rings. The first-order valence-electron chi connectivity index (χ1n) is 12.5. The van der Waals surface area contributed by atoms with Crippen molar-refractivity contribution in [2.75, 3.05) is 19.8 Å². The summed E-state index contributed by atoms with van der Waals surface area (Å²) >= 11 is 5.91. The topological polar surface area (TPSA) is 201 Å². The first-order chi connectivity index (χ1) is 19.0. The number of nitrogens with zero attached hydrogens (tertiary/aromatic N) is 2. The van der Waals surface area contributed by atoms with Crippen LogP contribution in [0.4, 0.5) is 0 Å². The minimum absolute atomic E-state index is 0.0124. The van der Waals surface area contributed by atoms with E-state index < -0.39 is 53.8 Å². The Morgan fingerprint density at radius 1 is 1.10 bits per heavy atom. The van der Waals surface area contributed by atoms with Crippen LogP contribution in [0.5, 0.6) is 5.75 Å². The highest BCUT2D eigenvalue weighted by atomic mass is 35.5. The lowest BCUT2D eigenvalue weighted by molar-refractivity contribution is -0.768. The van der Waals surface area contributed by atoms with Crippen molar-refractivity contribution in [3.63, 3.8) is 0 Å². The Hall–Kier alpha value is -3.46. The fraction of sp³-hybridized carbons (Fsp3) is 0.560. The molecule has 3 N–H and O–H groups in total. The van der Waals surface area contributed by atoms with Crippen LogP contribution in [0.3, 0.4) is 0 Å².